The first kappa shape index (κ1) is 20.4. The first-order valence-electron chi connectivity index (χ1n) is 8.43. The minimum absolute atomic E-state index is 0.0761. The van der Waals surface area contributed by atoms with Crippen molar-refractivity contribution in [2.75, 3.05) is 12.3 Å². The van der Waals surface area contributed by atoms with E-state index in [-0.39, 0.29) is 22.3 Å². The summed E-state index contributed by atoms with van der Waals surface area (Å²) in [5, 5.41) is 11.5. The highest BCUT2D eigenvalue weighted by molar-refractivity contribution is 7.99. The van der Waals surface area contributed by atoms with Crippen molar-refractivity contribution >= 4 is 27.5 Å². The van der Waals surface area contributed by atoms with E-state index in [1.54, 1.807) is 34.9 Å². The van der Waals surface area contributed by atoms with Gasteiger partial charge in [-0.2, -0.15) is 0 Å². The summed E-state index contributed by atoms with van der Waals surface area (Å²) in [7, 11) is -3.49. The lowest BCUT2D eigenvalue weighted by atomic mass is 10.2. The Balaban J connectivity index is 2.07. The Kier molecular flexibility index (Phi) is 7.22. The van der Waals surface area contributed by atoms with Crippen LogP contribution in [0.15, 0.2) is 40.4 Å². The molecule has 7 nitrogen and oxygen atoms in total. The maximum atomic E-state index is 12.5. The molecule has 0 saturated carbocycles. The van der Waals surface area contributed by atoms with E-state index in [0.717, 1.165) is 0 Å². The summed E-state index contributed by atoms with van der Waals surface area (Å²) in [6, 6.07) is 8.28. The van der Waals surface area contributed by atoms with Crippen LogP contribution in [0, 0.1) is 5.92 Å². The van der Waals surface area contributed by atoms with Crippen LogP contribution in [-0.2, 0) is 26.9 Å². The van der Waals surface area contributed by atoms with Crippen LogP contribution < -0.4 is 5.32 Å². The summed E-state index contributed by atoms with van der Waals surface area (Å²) in [6.45, 7) is 7.11. The van der Waals surface area contributed by atoms with E-state index in [9.17, 15) is 13.2 Å². The molecule has 26 heavy (non-hydrogen) atoms. The van der Waals surface area contributed by atoms with Gasteiger partial charge in [-0.25, -0.2) is 8.42 Å². The Morgan fingerprint density at radius 1 is 1.23 bits per heavy atom. The number of carbonyl (C=O) groups is 1. The third-order valence-corrected chi connectivity index (χ3v) is 6.17. The van der Waals surface area contributed by atoms with E-state index >= 15 is 0 Å². The predicted molar refractivity (Wildman–Crippen MR) is 102 cm³/mol. The highest BCUT2D eigenvalue weighted by atomic mass is 32.2. The average Bonchev–Trinajstić information content (AvgIpc) is 2.99. The fourth-order valence-corrected chi connectivity index (χ4v) is 4.37. The number of benzene rings is 1. The Hall–Kier alpha value is -1.87. The molecule has 1 N–H and O–H groups in total. The van der Waals surface area contributed by atoms with Gasteiger partial charge in [0.2, 0.25) is 5.91 Å². The van der Waals surface area contributed by atoms with Crippen LogP contribution >= 0.6 is 11.8 Å². The quantitative estimate of drug-likeness (QED) is 0.653. The molecule has 2 aromatic rings. The van der Waals surface area contributed by atoms with Crippen molar-refractivity contribution < 1.29 is 13.2 Å². The normalized spacial score (nSPS) is 11.7. The fourth-order valence-electron chi connectivity index (χ4n) is 2.23. The molecular formula is C17H24N4O3S2. The van der Waals surface area contributed by atoms with E-state index in [0.29, 0.717) is 30.0 Å². The van der Waals surface area contributed by atoms with Gasteiger partial charge < -0.3 is 9.88 Å². The Labute approximate surface area is 158 Å². The molecule has 0 aliphatic heterocycles. The van der Waals surface area contributed by atoms with Gasteiger partial charge in [-0.1, -0.05) is 43.8 Å². The summed E-state index contributed by atoms with van der Waals surface area (Å²) in [4.78, 5) is 12.1. The molecule has 0 bridgehead atoms. The molecule has 9 heteroatoms. The molecule has 0 atom stereocenters. The Bertz CT molecular complexity index is 833. The standard InChI is InChI=1S/C17H24N4O3S2/c1-4-21-15(12-26(23,24)14-8-6-5-7-9-14)19-20-17(21)25-11-16(22)18-10-13(2)3/h5-9,13H,4,10-12H2,1-3H3,(H,18,22). The molecule has 1 aromatic heterocycles. The third kappa shape index (κ3) is 5.57. The summed E-state index contributed by atoms with van der Waals surface area (Å²) >= 11 is 1.26. The minimum Gasteiger partial charge on any atom is -0.355 e. The van der Waals surface area contributed by atoms with Gasteiger partial charge in [-0.3, -0.25) is 4.79 Å². The number of amides is 1. The van der Waals surface area contributed by atoms with Crippen LogP contribution in [0.25, 0.3) is 0 Å². The number of nitrogens with one attached hydrogen (secondary N) is 1. The van der Waals surface area contributed by atoms with Gasteiger partial charge in [0.05, 0.1) is 10.6 Å². The second-order valence-corrected chi connectivity index (χ2v) is 9.13. The van der Waals surface area contributed by atoms with Crippen LogP contribution in [0.3, 0.4) is 0 Å². The highest BCUT2D eigenvalue weighted by Gasteiger charge is 2.21. The second kappa shape index (κ2) is 9.18. The number of aromatic nitrogens is 3. The van der Waals surface area contributed by atoms with Crippen LogP contribution in [0.4, 0.5) is 0 Å². The summed E-state index contributed by atoms with van der Waals surface area (Å²) in [5.74, 6) is 0.682. The Morgan fingerprint density at radius 3 is 2.54 bits per heavy atom. The molecule has 0 aliphatic carbocycles. The van der Waals surface area contributed by atoms with Crippen molar-refractivity contribution in [2.45, 2.75) is 43.1 Å². The monoisotopic (exact) mass is 396 g/mol. The number of sulfone groups is 1. The molecule has 0 fully saturated rings. The van der Waals surface area contributed by atoms with Gasteiger partial charge in [0.25, 0.3) is 0 Å². The number of hydrogen-bond acceptors (Lipinski definition) is 6. The maximum Gasteiger partial charge on any atom is 0.230 e. The average molecular weight is 397 g/mol. The molecule has 1 amide bonds. The number of nitrogens with zero attached hydrogens (tertiary/aromatic N) is 3. The van der Waals surface area contributed by atoms with Gasteiger partial charge >= 0.3 is 0 Å². The van der Waals surface area contributed by atoms with E-state index < -0.39 is 9.84 Å². The lowest BCUT2D eigenvalue weighted by molar-refractivity contribution is -0.118. The molecule has 2 rings (SSSR count). The molecule has 0 aliphatic rings. The summed E-state index contributed by atoms with van der Waals surface area (Å²) in [6.07, 6.45) is 0. The SMILES string of the molecule is CCn1c(CS(=O)(=O)c2ccccc2)nnc1SCC(=O)NCC(C)C. The van der Waals surface area contributed by atoms with Crippen molar-refractivity contribution in [1.82, 2.24) is 20.1 Å². The van der Waals surface area contributed by atoms with Crippen LogP contribution in [0.2, 0.25) is 0 Å². The lowest BCUT2D eigenvalue weighted by Crippen LogP contribution is -2.28. The van der Waals surface area contributed by atoms with Gasteiger partial charge in [-0.15, -0.1) is 10.2 Å². The van der Waals surface area contributed by atoms with Crippen molar-refractivity contribution in [3.05, 3.63) is 36.2 Å². The number of thioether (sulfide) groups is 1. The first-order valence-corrected chi connectivity index (χ1v) is 11.1. The van der Waals surface area contributed by atoms with Crippen molar-refractivity contribution in [3.63, 3.8) is 0 Å². The van der Waals surface area contributed by atoms with Crippen LogP contribution in [0.1, 0.15) is 26.6 Å². The fraction of sp³-hybridized carbons (Fsp3) is 0.471. The van der Waals surface area contributed by atoms with Gasteiger partial charge in [0.1, 0.15) is 11.6 Å². The molecule has 0 unspecified atom stereocenters. The number of rotatable bonds is 9. The van der Waals surface area contributed by atoms with E-state index in [2.05, 4.69) is 15.5 Å². The van der Waals surface area contributed by atoms with Gasteiger partial charge in [0.15, 0.2) is 15.0 Å². The molecule has 1 heterocycles. The lowest BCUT2D eigenvalue weighted by Gasteiger charge is -2.09. The zero-order valence-corrected chi connectivity index (χ0v) is 16.8. The summed E-state index contributed by atoms with van der Waals surface area (Å²) < 4.78 is 26.8. The molecule has 0 spiro atoms. The minimum atomic E-state index is -3.49. The molecule has 1 aromatic carbocycles. The maximum absolute atomic E-state index is 12.5. The van der Waals surface area contributed by atoms with Crippen molar-refractivity contribution in [3.8, 4) is 0 Å². The topological polar surface area (TPSA) is 93.9 Å². The molecule has 0 radical (unpaired) electrons. The Morgan fingerprint density at radius 2 is 1.92 bits per heavy atom. The highest BCUT2D eigenvalue weighted by Crippen LogP contribution is 2.20. The predicted octanol–water partition coefficient (Wildman–Crippen LogP) is 2.14. The zero-order chi connectivity index (χ0) is 19.2. The molecule has 0 saturated heterocycles. The van der Waals surface area contributed by atoms with Crippen LogP contribution in [0.5, 0.6) is 0 Å². The second-order valence-electron chi connectivity index (χ2n) is 6.20. The number of hydrogen-bond donors (Lipinski definition) is 1. The van der Waals surface area contributed by atoms with Crippen molar-refractivity contribution in [2.24, 2.45) is 5.92 Å². The number of carbonyl (C=O) groups excluding carboxylic acids is 1. The smallest absolute Gasteiger partial charge is 0.230 e. The van der Waals surface area contributed by atoms with Gasteiger partial charge in [0, 0.05) is 13.1 Å². The summed E-state index contributed by atoms with van der Waals surface area (Å²) in [5.41, 5.74) is 0. The first-order chi connectivity index (χ1) is 12.3. The van der Waals surface area contributed by atoms with Crippen molar-refractivity contribution in [1.29, 1.82) is 0 Å². The third-order valence-electron chi connectivity index (χ3n) is 3.57. The van der Waals surface area contributed by atoms with E-state index in [4.69, 9.17) is 0 Å². The largest absolute Gasteiger partial charge is 0.355 e. The van der Waals surface area contributed by atoms with Crippen LogP contribution in [-0.4, -0.2) is 41.4 Å². The molecule has 142 valence electrons. The van der Waals surface area contributed by atoms with Gasteiger partial charge in [-0.05, 0) is 25.0 Å². The van der Waals surface area contributed by atoms with E-state index in [1.165, 1.54) is 11.8 Å². The zero-order valence-electron chi connectivity index (χ0n) is 15.2. The van der Waals surface area contributed by atoms with E-state index in [1.807, 2.05) is 20.8 Å². The molecular weight excluding hydrogens is 372 g/mol.